The molecule has 1 saturated heterocycles. The van der Waals surface area contributed by atoms with E-state index in [0.717, 1.165) is 24.8 Å². The van der Waals surface area contributed by atoms with Crippen LogP contribution in [0.4, 0.5) is 0 Å². The lowest BCUT2D eigenvalue weighted by molar-refractivity contribution is -0.117. The van der Waals surface area contributed by atoms with Crippen LogP contribution < -0.4 is 0 Å². The van der Waals surface area contributed by atoms with E-state index in [1.807, 2.05) is 0 Å². The molecule has 1 aliphatic carbocycles. The van der Waals surface area contributed by atoms with E-state index in [4.69, 9.17) is 0 Å². The van der Waals surface area contributed by atoms with Crippen LogP contribution in [0.2, 0.25) is 0 Å². The fraction of sp³-hybridized carbons (Fsp3) is 0.706. The van der Waals surface area contributed by atoms with Crippen LogP contribution >= 0.6 is 0 Å². The fourth-order valence-electron chi connectivity index (χ4n) is 3.10. The highest BCUT2D eigenvalue weighted by Gasteiger charge is 2.50. The number of carbonyl (C=O) groups is 1. The predicted octanol–water partition coefficient (Wildman–Crippen LogP) is 4.19. The highest BCUT2D eigenvalue weighted by molar-refractivity contribution is 7.99. The molecule has 2 heteroatoms. The van der Waals surface area contributed by atoms with Gasteiger partial charge in [-0.1, -0.05) is 31.6 Å². The molecular weight excluding hydrogens is 252 g/mol. The molecule has 19 heavy (non-hydrogen) atoms. The van der Waals surface area contributed by atoms with Gasteiger partial charge < -0.3 is 0 Å². The summed E-state index contributed by atoms with van der Waals surface area (Å²) in [5.74, 6) is 2.99. The molecule has 0 amide bonds. The molecular formula is C17H27OS+. The molecule has 1 nitrogen and oxygen atoms in total. The molecule has 106 valence electrons. The zero-order valence-electron chi connectivity index (χ0n) is 12.4. The molecule has 1 atom stereocenters. The second kappa shape index (κ2) is 6.78. The Hall–Kier alpha value is -0.500. The Kier molecular flexibility index (Phi) is 5.32. The van der Waals surface area contributed by atoms with E-state index in [1.165, 1.54) is 37.2 Å². The van der Waals surface area contributed by atoms with Gasteiger partial charge in [0.15, 0.2) is 4.75 Å². The van der Waals surface area contributed by atoms with Gasteiger partial charge in [0.2, 0.25) is 5.78 Å². The number of rotatable bonds is 6. The third-order valence-corrected chi connectivity index (χ3v) is 7.64. The third kappa shape index (κ3) is 3.34. The van der Waals surface area contributed by atoms with Crippen molar-refractivity contribution in [2.75, 3.05) is 11.5 Å². The van der Waals surface area contributed by atoms with E-state index >= 15 is 0 Å². The molecule has 0 spiro atoms. The van der Waals surface area contributed by atoms with E-state index in [0.29, 0.717) is 16.7 Å². The second-order valence-corrected chi connectivity index (χ2v) is 8.61. The van der Waals surface area contributed by atoms with E-state index in [-0.39, 0.29) is 4.75 Å². The number of unbranched alkanes of at least 4 members (excludes halogenated alkanes) is 1. The van der Waals surface area contributed by atoms with Gasteiger partial charge >= 0.3 is 0 Å². The summed E-state index contributed by atoms with van der Waals surface area (Å²) >= 11 is 0. The average molecular weight is 279 g/mol. The number of allylic oxidation sites excluding steroid dienone is 4. The standard InChI is InChI=1S/C17H27OS/c1-3-4-12-17(2,19-13-8-9-14-19)16(18)15-10-6-5-7-11-15/h6,10-11H,3-5,7-9,12-14H2,1-2H3/q+1. The van der Waals surface area contributed by atoms with Crippen molar-refractivity contribution < 1.29 is 4.79 Å². The molecule has 0 bridgehead atoms. The van der Waals surface area contributed by atoms with Gasteiger partial charge in [-0.15, -0.1) is 0 Å². The first-order chi connectivity index (χ1) is 9.18. The Bertz CT molecular complexity index is 377. The van der Waals surface area contributed by atoms with Gasteiger partial charge in [0.05, 0.1) is 0 Å². The van der Waals surface area contributed by atoms with Crippen molar-refractivity contribution in [1.82, 2.24) is 0 Å². The van der Waals surface area contributed by atoms with Crippen LogP contribution in [0.25, 0.3) is 0 Å². The Labute approximate surface area is 120 Å². The van der Waals surface area contributed by atoms with Crippen molar-refractivity contribution >= 4 is 16.7 Å². The van der Waals surface area contributed by atoms with Gasteiger partial charge in [-0.3, -0.25) is 4.79 Å². The van der Waals surface area contributed by atoms with Crippen molar-refractivity contribution in [3.63, 3.8) is 0 Å². The first-order valence-corrected chi connectivity index (χ1v) is 9.34. The van der Waals surface area contributed by atoms with E-state index in [9.17, 15) is 4.79 Å². The highest BCUT2D eigenvalue weighted by Crippen LogP contribution is 2.35. The molecule has 0 saturated carbocycles. The van der Waals surface area contributed by atoms with Gasteiger partial charge in [-0.25, -0.2) is 0 Å². The zero-order chi connectivity index (χ0) is 13.7. The Balaban J connectivity index is 2.18. The van der Waals surface area contributed by atoms with Gasteiger partial charge in [0.1, 0.15) is 11.5 Å². The molecule has 0 aromatic rings. The average Bonchev–Trinajstić information content (AvgIpc) is 2.99. The topological polar surface area (TPSA) is 17.1 Å². The molecule has 1 unspecified atom stereocenters. The summed E-state index contributed by atoms with van der Waals surface area (Å²) in [5, 5.41) is 0. The largest absolute Gasteiger partial charge is 0.288 e. The van der Waals surface area contributed by atoms with E-state index in [2.05, 4.69) is 32.1 Å². The van der Waals surface area contributed by atoms with Crippen molar-refractivity contribution in [3.05, 3.63) is 23.8 Å². The Morgan fingerprint density at radius 1 is 1.32 bits per heavy atom. The summed E-state index contributed by atoms with van der Waals surface area (Å²) in [4.78, 5) is 13.0. The molecule has 1 aliphatic heterocycles. The van der Waals surface area contributed by atoms with E-state index in [1.54, 1.807) is 0 Å². The number of carbonyl (C=O) groups excluding carboxylic acids is 1. The van der Waals surface area contributed by atoms with Gasteiger partial charge in [0.25, 0.3) is 0 Å². The fourth-order valence-corrected chi connectivity index (χ4v) is 6.12. The normalized spacial score (nSPS) is 23.2. The molecule has 0 radical (unpaired) electrons. The maximum atomic E-state index is 13.0. The minimum absolute atomic E-state index is 0.0833. The van der Waals surface area contributed by atoms with Gasteiger partial charge in [-0.2, -0.15) is 0 Å². The van der Waals surface area contributed by atoms with Crippen LogP contribution in [0, 0.1) is 0 Å². The van der Waals surface area contributed by atoms with Crippen molar-refractivity contribution in [2.45, 2.75) is 63.5 Å². The maximum Gasteiger partial charge on any atom is 0.217 e. The molecule has 2 rings (SSSR count). The number of Topliss-reactive ketones (excluding diaryl/α,β-unsaturated/α-hetero) is 1. The van der Waals surface area contributed by atoms with Crippen molar-refractivity contribution in [2.24, 2.45) is 0 Å². The maximum absolute atomic E-state index is 13.0. The van der Waals surface area contributed by atoms with Gasteiger partial charge in [-0.05, 0) is 39.0 Å². The molecule has 1 heterocycles. The van der Waals surface area contributed by atoms with Crippen LogP contribution in [0.5, 0.6) is 0 Å². The summed E-state index contributed by atoms with van der Waals surface area (Å²) in [6.07, 6.45) is 14.6. The third-order valence-electron chi connectivity index (χ3n) is 4.41. The summed E-state index contributed by atoms with van der Waals surface area (Å²) in [5.41, 5.74) is 0.990. The minimum atomic E-state index is -0.0833. The number of hydrogen-bond acceptors (Lipinski definition) is 1. The molecule has 0 N–H and O–H groups in total. The molecule has 1 fully saturated rings. The van der Waals surface area contributed by atoms with Crippen LogP contribution in [-0.2, 0) is 15.7 Å². The molecule has 0 aromatic carbocycles. The van der Waals surface area contributed by atoms with Crippen molar-refractivity contribution in [1.29, 1.82) is 0 Å². The lowest BCUT2D eigenvalue weighted by Gasteiger charge is -2.27. The lowest BCUT2D eigenvalue weighted by Crippen LogP contribution is -2.45. The number of hydrogen-bond donors (Lipinski definition) is 0. The molecule has 2 aliphatic rings. The van der Waals surface area contributed by atoms with Crippen molar-refractivity contribution in [3.8, 4) is 0 Å². The second-order valence-electron chi connectivity index (χ2n) is 5.91. The van der Waals surface area contributed by atoms with E-state index < -0.39 is 0 Å². The Morgan fingerprint density at radius 3 is 2.63 bits per heavy atom. The van der Waals surface area contributed by atoms with Crippen LogP contribution in [0.1, 0.15) is 58.8 Å². The van der Waals surface area contributed by atoms with Gasteiger partial charge in [0, 0.05) is 22.9 Å². The smallest absolute Gasteiger partial charge is 0.217 e. The summed E-state index contributed by atoms with van der Waals surface area (Å²) < 4.78 is -0.0833. The SMILES string of the molecule is CCCCC(C)(C(=O)C1=CCCC=C1)[S+]1CCCC1. The minimum Gasteiger partial charge on any atom is -0.288 e. The Morgan fingerprint density at radius 2 is 2.05 bits per heavy atom. The van der Waals surface area contributed by atoms with Crippen LogP contribution in [0.3, 0.4) is 0 Å². The quantitative estimate of drug-likeness (QED) is 0.666. The zero-order valence-corrected chi connectivity index (χ0v) is 13.2. The first kappa shape index (κ1) is 14.9. The highest BCUT2D eigenvalue weighted by atomic mass is 32.2. The van der Waals surface area contributed by atoms with Crippen LogP contribution in [0.15, 0.2) is 23.8 Å². The summed E-state index contributed by atoms with van der Waals surface area (Å²) in [7, 11) is 0.312. The summed E-state index contributed by atoms with van der Waals surface area (Å²) in [6.45, 7) is 4.48. The first-order valence-electron chi connectivity index (χ1n) is 7.77. The predicted molar refractivity (Wildman–Crippen MR) is 85.7 cm³/mol. The number of ketones is 1. The summed E-state index contributed by atoms with van der Waals surface area (Å²) in [6, 6.07) is 0. The lowest BCUT2D eigenvalue weighted by atomic mass is 9.91. The molecule has 0 aromatic heterocycles. The van der Waals surface area contributed by atoms with Crippen LogP contribution in [-0.4, -0.2) is 22.0 Å². The monoisotopic (exact) mass is 279 g/mol.